The van der Waals surface area contributed by atoms with Gasteiger partial charge in [-0.1, -0.05) is 39.7 Å². The van der Waals surface area contributed by atoms with Gasteiger partial charge in [-0.2, -0.15) is 5.10 Å². The largest absolute Gasteiger partial charge is 0.341 e. The molecule has 1 fully saturated rings. The number of carbonyl (C=O) groups excluding carboxylic acids is 2. The van der Waals surface area contributed by atoms with Crippen molar-refractivity contribution < 1.29 is 14.3 Å². The highest BCUT2D eigenvalue weighted by atomic mass is 79.9. The molecule has 2 aliphatic rings. The molecule has 0 aliphatic carbocycles. The van der Waals surface area contributed by atoms with Gasteiger partial charge in [0.2, 0.25) is 5.91 Å². The Morgan fingerprint density at radius 3 is 2.71 bits per heavy atom. The molecule has 2 aromatic carbocycles. The number of nitrogens with zero attached hydrogens (tertiary/aromatic N) is 4. The molecule has 2 aliphatic heterocycles. The van der Waals surface area contributed by atoms with Gasteiger partial charge < -0.3 is 15.0 Å². The molecule has 10 heteroatoms. The number of halogens is 2. The van der Waals surface area contributed by atoms with E-state index in [0.717, 1.165) is 32.5 Å². The summed E-state index contributed by atoms with van der Waals surface area (Å²) in [5.41, 5.74) is 5.73. The number of rotatable bonds is 6. The van der Waals surface area contributed by atoms with Gasteiger partial charge in [-0.25, -0.2) is 4.68 Å². The van der Waals surface area contributed by atoms with Gasteiger partial charge in [0.1, 0.15) is 11.8 Å². The summed E-state index contributed by atoms with van der Waals surface area (Å²) < 4.78 is 8.94. The summed E-state index contributed by atoms with van der Waals surface area (Å²) in [6.07, 6.45) is 3.24. The number of hydrogen-bond donors (Lipinski definition) is 1. The van der Waals surface area contributed by atoms with E-state index >= 15 is 0 Å². The molecule has 0 spiro atoms. The van der Waals surface area contributed by atoms with Crippen LogP contribution in [0.15, 0.2) is 71.5 Å². The van der Waals surface area contributed by atoms with Gasteiger partial charge in [-0.15, -0.1) is 0 Å². The fourth-order valence-corrected chi connectivity index (χ4v) is 5.22. The maximum absolute atomic E-state index is 13.2. The van der Waals surface area contributed by atoms with E-state index in [9.17, 15) is 9.59 Å². The molecule has 2 aromatic heterocycles. The number of aromatic nitrogens is 3. The Labute approximate surface area is 232 Å². The van der Waals surface area contributed by atoms with Gasteiger partial charge in [0.05, 0.1) is 22.8 Å². The van der Waals surface area contributed by atoms with Gasteiger partial charge >= 0.3 is 0 Å². The molecular weight excluding hydrogens is 570 g/mol. The van der Waals surface area contributed by atoms with E-state index in [1.54, 1.807) is 28.8 Å². The first-order chi connectivity index (χ1) is 18.4. The highest BCUT2D eigenvalue weighted by Gasteiger charge is 2.41. The van der Waals surface area contributed by atoms with Crippen LogP contribution >= 0.6 is 27.5 Å². The zero-order chi connectivity index (χ0) is 26.4. The Morgan fingerprint density at radius 1 is 1.13 bits per heavy atom. The van der Waals surface area contributed by atoms with Crippen molar-refractivity contribution in [1.82, 2.24) is 19.7 Å². The van der Waals surface area contributed by atoms with Crippen molar-refractivity contribution in [2.75, 3.05) is 11.9 Å². The maximum atomic E-state index is 13.2. The predicted molar refractivity (Wildman–Crippen MR) is 147 cm³/mol. The summed E-state index contributed by atoms with van der Waals surface area (Å²) in [6.45, 7) is 2.21. The molecule has 2 amide bonds. The lowest BCUT2D eigenvalue weighted by Crippen LogP contribution is -2.32. The zero-order valence-corrected chi connectivity index (χ0v) is 22.7. The van der Waals surface area contributed by atoms with E-state index in [1.165, 1.54) is 0 Å². The lowest BCUT2D eigenvalue weighted by atomic mass is 10.1. The number of pyridine rings is 1. The van der Waals surface area contributed by atoms with Gasteiger partial charge in [0.25, 0.3) is 5.91 Å². The van der Waals surface area contributed by atoms with E-state index in [-0.39, 0.29) is 11.8 Å². The van der Waals surface area contributed by atoms with E-state index < -0.39 is 12.3 Å². The van der Waals surface area contributed by atoms with Crippen molar-refractivity contribution in [1.29, 1.82) is 0 Å². The average molecular weight is 593 g/mol. The maximum Gasteiger partial charge on any atom is 0.253 e. The Hall–Kier alpha value is -3.53. The summed E-state index contributed by atoms with van der Waals surface area (Å²) in [7, 11) is 0. The molecule has 1 N–H and O–H groups in total. The van der Waals surface area contributed by atoms with Crippen LogP contribution in [0.2, 0.25) is 5.02 Å². The minimum atomic E-state index is -0.633. The Morgan fingerprint density at radius 2 is 1.95 bits per heavy atom. The highest BCUT2D eigenvalue weighted by Crippen LogP contribution is 2.37. The van der Waals surface area contributed by atoms with Crippen LogP contribution in [0.1, 0.15) is 29.8 Å². The standard InChI is InChI=1S/C28H23BrClN5O3/c1-16-27(37)34(11-10-17-2-8-23-18(12-17)13-25(36)32-23)28(38-16)22-15-35(21-6-3-19(29)4-7-21)33-26(22)24-9-5-20(30)14-31-24/h2-9,12,14-16,28H,10-11,13H2,1H3,(H,32,36)/t16-,28-/m1/s1. The van der Waals surface area contributed by atoms with Gasteiger partial charge in [0, 0.05) is 34.7 Å². The third kappa shape index (κ3) is 4.73. The van der Waals surface area contributed by atoms with Crippen molar-refractivity contribution in [3.05, 3.63) is 93.2 Å². The summed E-state index contributed by atoms with van der Waals surface area (Å²) in [5.74, 6) is -0.0836. The minimum absolute atomic E-state index is 0.000263. The van der Waals surface area contributed by atoms with E-state index in [0.29, 0.717) is 35.8 Å². The fraction of sp³-hybridized carbons (Fsp3) is 0.214. The zero-order valence-electron chi connectivity index (χ0n) is 20.4. The van der Waals surface area contributed by atoms with E-state index in [1.807, 2.05) is 54.7 Å². The lowest BCUT2D eigenvalue weighted by molar-refractivity contribution is -0.130. The molecule has 38 heavy (non-hydrogen) atoms. The third-order valence-corrected chi connectivity index (χ3v) is 7.51. The molecule has 0 bridgehead atoms. The summed E-state index contributed by atoms with van der Waals surface area (Å²) in [4.78, 5) is 31.2. The minimum Gasteiger partial charge on any atom is -0.341 e. The van der Waals surface area contributed by atoms with Gasteiger partial charge in [-0.05, 0) is 66.9 Å². The smallest absolute Gasteiger partial charge is 0.253 e. The van der Waals surface area contributed by atoms with Crippen LogP contribution < -0.4 is 5.32 Å². The van der Waals surface area contributed by atoms with Crippen molar-refractivity contribution in [3.8, 4) is 17.1 Å². The normalized spacial score (nSPS) is 18.7. The number of fused-ring (bicyclic) bond motifs is 1. The van der Waals surface area contributed by atoms with Crippen LogP contribution in [-0.4, -0.2) is 44.1 Å². The molecule has 4 heterocycles. The van der Waals surface area contributed by atoms with Crippen molar-refractivity contribution in [2.45, 2.75) is 32.1 Å². The summed E-state index contributed by atoms with van der Waals surface area (Å²) in [6, 6.07) is 17.3. The first-order valence-electron chi connectivity index (χ1n) is 12.2. The van der Waals surface area contributed by atoms with Crippen molar-refractivity contribution >= 4 is 45.0 Å². The first kappa shape index (κ1) is 24.8. The summed E-state index contributed by atoms with van der Waals surface area (Å²) >= 11 is 9.57. The molecule has 0 saturated carbocycles. The quantitative estimate of drug-likeness (QED) is 0.327. The molecule has 4 aromatic rings. The topological polar surface area (TPSA) is 89.3 Å². The molecular formula is C28H23BrClN5O3. The second-order valence-corrected chi connectivity index (χ2v) is 10.7. The third-order valence-electron chi connectivity index (χ3n) is 6.75. The number of amides is 2. The number of ether oxygens (including phenoxy) is 1. The average Bonchev–Trinajstić information content (AvgIpc) is 3.58. The van der Waals surface area contributed by atoms with Crippen LogP contribution in [0, 0.1) is 0 Å². The van der Waals surface area contributed by atoms with Crippen LogP contribution in [0.25, 0.3) is 17.1 Å². The predicted octanol–water partition coefficient (Wildman–Crippen LogP) is 5.33. The monoisotopic (exact) mass is 591 g/mol. The highest BCUT2D eigenvalue weighted by molar-refractivity contribution is 9.10. The van der Waals surface area contributed by atoms with Crippen LogP contribution in [0.5, 0.6) is 0 Å². The molecule has 192 valence electrons. The number of hydrogen-bond acceptors (Lipinski definition) is 5. The molecule has 0 radical (unpaired) electrons. The Balaban J connectivity index is 1.34. The molecule has 1 saturated heterocycles. The molecule has 0 unspecified atom stereocenters. The Bertz CT molecular complexity index is 1540. The first-order valence-corrected chi connectivity index (χ1v) is 13.4. The molecule has 8 nitrogen and oxygen atoms in total. The fourth-order valence-electron chi connectivity index (χ4n) is 4.84. The second-order valence-electron chi connectivity index (χ2n) is 9.34. The SMILES string of the molecule is C[C@H]1O[C@H](c2cn(-c3ccc(Br)cc3)nc2-c2ccc(Cl)cn2)N(CCc2ccc3c(c2)CC(=O)N3)C1=O. The van der Waals surface area contributed by atoms with Crippen LogP contribution in [0.4, 0.5) is 5.69 Å². The van der Waals surface area contributed by atoms with Crippen molar-refractivity contribution in [3.63, 3.8) is 0 Å². The Kier molecular flexibility index (Phi) is 6.51. The number of nitrogens with one attached hydrogen (secondary N) is 1. The number of anilines is 1. The van der Waals surface area contributed by atoms with Crippen LogP contribution in [0.3, 0.4) is 0 Å². The summed E-state index contributed by atoms with van der Waals surface area (Å²) in [5, 5.41) is 8.23. The van der Waals surface area contributed by atoms with Gasteiger partial charge in [-0.3, -0.25) is 14.6 Å². The lowest BCUT2D eigenvalue weighted by Gasteiger charge is -2.23. The van der Waals surface area contributed by atoms with Crippen molar-refractivity contribution in [2.24, 2.45) is 0 Å². The van der Waals surface area contributed by atoms with Crippen LogP contribution in [-0.2, 0) is 27.2 Å². The van der Waals surface area contributed by atoms with Gasteiger partial charge in [0.15, 0.2) is 6.23 Å². The van der Waals surface area contributed by atoms with E-state index in [4.69, 9.17) is 21.4 Å². The van der Waals surface area contributed by atoms with E-state index in [2.05, 4.69) is 26.2 Å². The molecule has 6 rings (SSSR count). The second kappa shape index (κ2) is 9.98. The number of benzene rings is 2. The molecule has 2 atom stereocenters. The number of carbonyl (C=O) groups is 2.